The minimum absolute atomic E-state index is 0.00146. The molecule has 3 aromatic carbocycles. The molecule has 0 radical (unpaired) electrons. The molecule has 0 unspecified atom stereocenters. The Bertz CT molecular complexity index is 1320. The lowest BCUT2D eigenvalue weighted by atomic mass is 10.0. The van der Waals surface area contributed by atoms with Crippen LogP contribution in [0.3, 0.4) is 0 Å². The Hall–Kier alpha value is -3.71. The Balaban J connectivity index is 1.95. The van der Waals surface area contributed by atoms with Gasteiger partial charge in [0.15, 0.2) is 5.76 Å². The van der Waals surface area contributed by atoms with Gasteiger partial charge in [-0.15, -0.1) is 0 Å². The molecule has 33 heavy (non-hydrogen) atoms. The van der Waals surface area contributed by atoms with E-state index in [4.69, 9.17) is 4.74 Å². The van der Waals surface area contributed by atoms with Gasteiger partial charge in [-0.2, -0.15) is 0 Å². The van der Waals surface area contributed by atoms with Crippen molar-refractivity contribution >= 4 is 27.5 Å². The number of unbranched alkanes of at least 4 members (excludes halogenated alkanes) is 1. The Morgan fingerprint density at radius 1 is 0.818 bits per heavy atom. The van der Waals surface area contributed by atoms with Crippen molar-refractivity contribution in [3.05, 3.63) is 107 Å². The summed E-state index contributed by atoms with van der Waals surface area (Å²) in [6.07, 6.45) is 1.26. The zero-order valence-corrected chi connectivity index (χ0v) is 18.9. The summed E-state index contributed by atoms with van der Waals surface area (Å²) < 4.78 is 34.0. The molecule has 0 aliphatic carbocycles. The zero-order valence-electron chi connectivity index (χ0n) is 18.1. The molecule has 0 N–H and O–H groups in total. The summed E-state index contributed by atoms with van der Waals surface area (Å²) in [4.78, 5) is 26.6. The largest absolute Gasteiger partial charge is 0.420 e. The van der Waals surface area contributed by atoms with E-state index in [1.165, 1.54) is 6.07 Å². The fraction of sp³-hybridized carbons (Fsp3) is 0.154. The summed E-state index contributed by atoms with van der Waals surface area (Å²) in [6, 6.07) is 23.0. The molecule has 1 aliphatic rings. The zero-order chi connectivity index (χ0) is 23.4. The number of ether oxygens (including phenoxy) is 1. The SMILES string of the molecule is CCCCN1C(C(=O)c2ccccc2)=C(OC(=O)c2ccccc2)c2ccccc2S1(=O)=O. The second-order valence-corrected chi connectivity index (χ2v) is 9.39. The standard InChI is InChI=1S/C26H23NO5S/c1-2-3-18-27-23(24(28)19-12-6-4-7-13-19)25(32-26(29)20-14-8-5-9-15-20)21-16-10-11-17-22(21)33(27,30)31/h4-17H,2-3,18H2,1H3. The van der Waals surface area contributed by atoms with Crippen LogP contribution in [-0.2, 0) is 14.8 Å². The number of nitrogens with zero attached hydrogens (tertiary/aromatic N) is 1. The summed E-state index contributed by atoms with van der Waals surface area (Å²) in [5.41, 5.74) is 0.630. The predicted octanol–water partition coefficient (Wildman–Crippen LogP) is 4.90. The van der Waals surface area contributed by atoms with Crippen molar-refractivity contribution in [2.24, 2.45) is 0 Å². The Morgan fingerprint density at radius 2 is 1.39 bits per heavy atom. The van der Waals surface area contributed by atoms with Gasteiger partial charge in [-0.1, -0.05) is 74.0 Å². The van der Waals surface area contributed by atoms with Crippen molar-refractivity contribution < 1.29 is 22.7 Å². The van der Waals surface area contributed by atoms with Gasteiger partial charge in [-0.25, -0.2) is 13.2 Å². The Morgan fingerprint density at radius 3 is 2.03 bits per heavy atom. The first-order chi connectivity index (χ1) is 15.9. The van der Waals surface area contributed by atoms with Gasteiger partial charge in [-0.05, 0) is 30.7 Å². The number of allylic oxidation sites excluding steroid dienone is 1. The van der Waals surface area contributed by atoms with Crippen molar-refractivity contribution in [2.75, 3.05) is 6.54 Å². The fourth-order valence-corrected chi connectivity index (χ4v) is 5.37. The van der Waals surface area contributed by atoms with Gasteiger partial charge in [0.2, 0.25) is 5.78 Å². The van der Waals surface area contributed by atoms with Crippen molar-refractivity contribution in [3.63, 3.8) is 0 Å². The van der Waals surface area contributed by atoms with E-state index >= 15 is 0 Å². The minimum Gasteiger partial charge on any atom is -0.420 e. The van der Waals surface area contributed by atoms with Crippen LogP contribution >= 0.6 is 0 Å². The summed E-state index contributed by atoms with van der Waals surface area (Å²) in [5, 5.41) is 0. The lowest BCUT2D eigenvalue weighted by molar-refractivity contribution is 0.0685. The molecule has 0 fully saturated rings. The van der Waals surface area contributed by atoms with E-state index in [2.05, 4.69) is 0 Å². The fourth-order valence-electron chi connectivity index (χ4n) is 3.66. The smallest absolute Gasteiger partial charge is 0.343 e. The van der Waals surface area contributed by atoms with E-state index in [1.807, 2.05) is 6.92 Å². The highest BCUT2D eigenvalue weighted by molar-refractivity contribution is 7.89. The third kappa shape index (κ3) is 4.32. The Kier molecular flexibility index (Phi) is 6.42. The number of carbonyl (C=O) groups is 2. The number of fused-ring (bicyclic) bond motifs is 1. The number of rotatable bonds is 7. The average molecular weight is 462 g/mol. The molecule has 4 rings (SSSR count). The van der Waals surface area contributed by atoms with Crippen LogP contribution in [0.1, 0.15) is 46.0 Å². The molecule has 6 nitrogen and oxygen atoms in total. The highest BCUT2D eigenvalue weighted by Gasteiger charge is 2.41. The molecule has 0 spiro atoms. The number of esters is 1. The van der Waals surface area contributed by atoms with Crippen LogP contribution < -0.4 is 0 Å². The van der Waals surface area contributed by atoms with Gasteiger partial charge in [-0.3, -0.25) is 9.10 Å². The summed E-state index contributed by atoms with van der Waals surface area (Å²) >= 11 is 0. The van der Waals surface area contributed by atoms with E-state index in [0.29, 0.717) is 17.5 Å². The number of sulfonamides is 1. The normalized spacial score (nSPS) is 14.5. The van der Waals surface area contributed by atoms with Crippen LogP contribution in [-0.4, -0.2) is 31.0 Å². The summed E-state index contributed by atoms with van der Waals surface area (Å²) in [7, 11) is -4.03. The highest BCUT2D eigenvalue weighted by Crippen LogP contribution is 2.39. The minimum atomic E-state index is -4.03. The van der Waals surface area contributed by atoms with Gasteiger partial charge in [0.1, 0.15) is 5.70 Å². The van der Waals surface area contributed by atoms with Crippen LogP contribution in [0, 0.1) is 0 Å². The third-order valence-electron chi connectivity index (χ3n) is 5.33. The molecule has 1 aliphatic heterocycles. The van der Waals surface area contributed by atoms with Gasteiger partial charge in [0.25, 0.3) is 10.0 Å². The van der Waals surface area contributed by atoms with E-state index in [9.17, 15) is 18.0 Å². The monoisotopic (exact) mass is 461 g/mol. The van der Waals surface area contributed by atoms with Gasteiger partial charge in [0.05, 0.1) is 10.5 Å². The van der Waals surface area contributed by atoms with Gasteiger partial charge >= 0.3 is 5.97 Å². The third-order valence-corrected chi connectivity index (χ3v) is 7.19. The molecule has 0 saturated carbocycles. The van der Waals surface area contributed by atoms with Crippen LogP contribution in [0.4, 0.5) is 0 Å². The van der Waals surface area contributed by atoms with Crippen LogP contribution in [0.25, 0.3) is 5.76 Å². The number of hydrogen-bond acceptors (Lipinski definition) is 5. The Labute approximate surface area is 193 Å². The lowest BCUT2D eigenvalue weighted by Crippen LogP contribution is -2.39. The first-order valence-electron chi connectivity index (χ1n) is 10.7. The second kappa shape index (κ2) is 9.42. The van der Waals surface area contributed by atoms with Crippen LogP contribution in [0.15, 0.2) is 95.5 Å². The topological polar surface area (TPSA) is 80.8 Å². The van der Waals surface area contributed by atoms with E-state index in [0.717, 1.165) is 10.7 Å². The molecule has 0 aromatic heterocycles. The predicted molar refractivity (Wildman–Crippen MR) is 125 cm³/mol. The number of carbonyl (C=O) groups excluding carboxylic acids is 2. The summed E-state index contributed by atoms with van der Waals surface area (Å²) in [6.45, 7) is 2.02. The average Bonchev–Trinajstić information content (AvgIpc) is 2.85. The van der Waals surface area contributed by atoms with Crippen LogP contribution in [0.2, 0.25) is 0 Å². The molecular formula is C26H23NO5S. The number of Topliss-reactive ketones (excluding diaryl/α,β-unsaturated/α-hetero) is 1. The molecule has 3 aromatic rings. The second-order valence-electron chi connectivity index (χ2n) is 7.56. The molecule has 1 heterocycles. The molecule has 0 saturated heterocycles. The number of ketones is 1. The van der Waals surface area contributed by atoms with Crippen molar-refractivity contribution in [1.29, 1.82) is 0 Å². The van der Waals surface area contributed by atoms with E-state index in [1.54, 1.807) is 78.9 Å². The number of benzene rings is 3. The maximum Gasteiger partial charge on any atom is 0.343 e. The maximum atomic E-state index is 13.6. The van der Waals surface area contributed by atoms with Gasteiger partial charge < -0.3 is 4.74 Å². The van der Waals surface area contributed by atoms with Crippen molar-refractivity contribution in [2.45, 2.75) is 24.7 Å². The quantitative estimate of drug-likeness (QED) is 0.369. The number of hydrogen-bond donors (Lipinski definition) is 0. The van der Waals surface area contributed by atoms with E-state index < -0.39 is 21.8 Å². The maximum absolute atomic E-state index is 13.6. The molecule has 168 valence electrons. The molecule has 0 bridgehead atoms. The molecule has 0 atom stereocenters. The van der Waals surface area contributed by atoms with Crippen molar-refractivity contribution in [1.82, 2.24) is 4.31 Å². The summed E-state index contributed by atoms with van der Waals surface area (Å²) in [5.74, 6) is -1.26. The first-order valence-corrected chi connectivity index (χ1v) is 12.1. The lowest BCUT2D eigenvalue weighted by Gasteiger charge is -2.32. The molecule has 7 heteroatoms. The van der Waals surface area contributed by atoms with Crippen molar-refractivity contribution in [3.8, 4) is 0 Å². The highest BCUT2D eigenvalue weighted by atomic mass is 32.2. The first kappa shape index (κ1) is 22.5. The molecule has 0 amide bonds. The van der Waals surface area contributed by atoms with Crippen LogP contribution in [0.5, 0.6) is 0 Å². The van der Waals surface area contributed by atoms with E-state index in [-0.39, 0.29) is 28.5 Å². The van der Waals surface area contributed by atoms with Gasteiger partial charge in [0, 0.05) is 17.7 Å². The molecular weight excluding hydrogens is 438 g/mol.